The fourth-order valence-electron chi connectivity index (χ4n) is 2.70. The molecular formula is C21H22N2O2. The molecule has 128 valence electrons. The molecule has 4 heteroatoms. The van der Waals surface area contributed by atoms with Crippen LogP contribution in [0.15, 0.2) is 73.1 Å². The van der Waals surface area contributed by atoms with E-state index in [0.717, 1.165) is 22.4 Å². The minimum Gasteiger partial charge on any atom is -0.497 e. The summed E-state index contributed by atoms with van der Waals surface area (Å²) in [4.78, 5) is 4.05. The molecule has 0 saturated carbocycles. The van der Waals surface area contributed by atoms with Crippen LogP contribution in [0.1, 0.15) is 17.2 Å². The summed E-state index contributed by atoms with van der Waals surface area (Å²) in [6.07, 6.45) is 3.05. The smallest absolute Gasteiger partial charge is 0.118 e. The highest BCUT2D eigenvalue weighted by molar-refractivity contribution is 5.63. The lowest BCUT2D eigenvalue weighted by molar-refractivity contribution is 0.174. The Balaban J connectivity index is 1.56. The van der Waals surface area contributed by atoms with Crippen molar-refractivity contribution in [3.8, 4) is 16.9 Å². The van der Waals surface area contributed by atoms with E-state index in [1.54, 1.807) is 19.5 Å². The summed E-state index contributed by atoms with van der Waals surface area (Å²) in [7, 11) is 1.63. The number of pyridine rings is 1. The predicted molar refractivity (Wildman–Crippen MR) is 99.3 cm³/mol. The van der Waals surface area contributed by atoms with Gasteiger partial charge in [0.2, 0.25) is 0 Å². The molecule has 0 fully saturated rings. The molecule has 0 bridgehead atoms. The maximum atomic E-state index is 10.3. The van der Waals surface area contributed by atoms with Crippen LogP contribution in [0.3, 0.4) is 0 Å². The number of ether oxygens (including phenoxy) is 1. The van der Waals surface area contributed by atoms with Crippen LogP contribution < -0.4 is 10.1 Å². The second kappa shape index (κ2) is 8.42. The van der Waals surface area contributed by atoms with Crippen LogP contribution in [0.5, 0.6) is 5.75 Å². The van der Waals surface area contributed by atoms with Crippen LogP contribution in [0.2, 0.25) is 0 Å². The minimum atomic E-state index is -0.547. The summed E-state index contributed by atoms with van der Waals surface area (Å²) in [6.45, 7) is 1.19. The summed E-state index contributed by atoms with van der Waals surface area (Å²) in [5.74, 6) is 0.789. The molecule has 3 rings (SSSR count). The number of hydrogen-bond acceptors (Lipinski definition) is 4. The average molecular weight is 334 g/mol. The van der Waals surface area contributed by atoms with E-state index >= 15 is 0 Å². The topological polar surface area (TPSA) is 54.4 Å². The number of aliphatic hydroxyl groups is 1. The molecule has 1 atom stereocenters. The quantitative estimate of drug-likeness (QED) is 0.693. The molecule has 25 heavy (non-hydrogen) atoms. The van der Waals surface area contributed by atoms with Crippen LogP contribution in [0.4, 0.5) is 0 Å². The summed E-state index contributed by atoms with van der Waals surface area (Å²) < 4.78 is 5.13. The van der Waals surface area contributed by atoms with E-state index in [4.69, 9.17) is 4.74 Å². The third kappa shape index (κ3) is 4.66. The average Bonchev–Trinajstić information content (AvgIpc) is 2.69. The van der Waals surface area contributed by atoms with Crippen LogP contribution in [-0.4, -0.2) is 23.7 Å². The first kappa shape index (κ1) is 17.1. The molecule has 0 aliphatic carbocycles. The zero-order chi connectivity index (χ0) is 17.5. The van der Waals surface area contributed by atoms with Gasteiger partial charge in [0.25, 0.3) is 0 Å². The monoisotopic (exact) mass is 334 g/mol. The first-order valence-corrected chi connectivity index (χ1v) is 8.28. The van der Waals surface area contributed by atoms with Gasteiger partial charge in [-0.2, -0.15) is 0 Å². The third-order valence-corrected chi connectivity index (χ3v) is 4.11. The Morgan fingerprint density at radius 2 is 1.76 bits per heavy atom. The maximum absolute atomic E-state index is 10.3. The van der Waals surface area contributed by atoms with Gasteiger partial charge in [-0.15, -0.1) is 0 Å². The standard InChI is InChI=1S/C21H22N2O2/c1-25-20-7-5-18(6-8-20)21(24)15-23-14-16-3-2-4-19(13-16)17-9-11-22-12-10-17/h2-13,21,23-24H,14-15H2,1H3. The van der Waals surface area contributed by atoms with E-state index in [1.165, 1.54) is 5.56 Å². The Kier molecular flexibility index (Phi) is 5.77. The van der Waals surface area contributed by atoms with Crippen molar-refractivity contribution < 1.29 is 9.84 Å². The Labute approximate surface area is 148 Å². The predicted octanol–water partition coefficient (Wildman–Crippen LogP) is 3.58. The molecule has 0 radical (unpaired) electrons. The molecule has 1 heterocycles. The molecule has 0 amide bonds. The van der Waals surface area contributed by atoms with Crippen LogP contribution >= 0.6 is 0 Å². The highest BCUT2D eigenvalue weighted by Crippen LogP contribution is 2.20. The number of aromatic nitrogens is 1. The van der Waals surface area contributed by atoms with Crippen molar-refractivity contribution in [2.75, 3.05) is 13.7 Å². The molecule has 2 aromatic carbocycles. The van der Waals surface area contributed by atoms with Crippen LogP contribution in [0.25, 0.3) is 11.1 Å². The van der Waals surface area contributed by atoms with Gasteiger partial charge in [0.15, 0.2) is 0 Å². The van der Waals surface area contributed by atoms with Gasteiger partial charge in [-0.1, -0.05) is 30.3 Å². The van der Waals surface area contributed by atoms with Gasteiger partial charge in [0.05, 0.1) is 13.2 Å². The first-order valence-electron chi connectivity index (χ1n) is 8.28. The van der Waals surface area contributed by atoms with Gasteiger partial charge < -0.3 is 15.2 Å². The van der Waals surface area contributed by atoms with E-state index in [2.05, 4.69) is 28.5 Å². The van der Waals surface area contributed by atoms with Gasteiger partial charge in [-0.25, -0.2) is 0 Å². The fraction of sp³-hybridized carbons (Fsp3) is 0.190. The van der Waals surface area contributed by atoms with Gasteiger partial charge in [0.1, 0.15) is 5.75 Å². The van der Waals surface area contributed by atoms with Crippen molar-refractivity contribution in [2.24, 2.45) is 0 Å². The van der Waals surface area contributed by atoms with Gasteiger partial charge >= 0.3 is 0 Å². The molecule has 0 aliphatic rings. The Bertz CT molecular complexity index is 789. The summed E-state index contributed by atoms with van der Waals surface area (Å²) >= 11 is 0. The number of benzene rings is 2. The van der Waals surface area contributed by atoms with E-state index in [0.29, 0.717) is 13.1 Å². The van der Waals surface area contributed by atoms with Gasteiger partial charge in [0, 0.05) is 25.5 Å². The number of nitrogens with zero attached hydrogens (tertiary/aromatic N) is 1. The Morgan fingerprint density at radius 3 is 2.48 bits per heavy atom. The molecule has 0 saturated heterocycles. The third-order valence-electron chi connectivity index (χ3n) is 4.11. The second-order valence-corrected chi connectivity index (χ2v) is 5.86. The molecule has 0 aliphatic heterocycles. The molecule has 1 unspecified atom stereocenters. The van der Waals surface area contributed by atoms with E-state index in [-0.39, 0.29) is 0 Å². The van der Waals surface area contributed by atoms with Crippen molar-refractivity contribution >= 4 is 0 Å². The van der Waals surface area contributed by atoms with Crippen molar-refractivity contribution in [3.63, 3.8) is 0 Å². The second-order valence-electron chi connectivity index (χ2n) is 5.86. The van der Waals surface area contributed by atoms with Crippen molar-refractivity contribution in [2.45, 2.75) is 12.6 Å². The van der Waals surface area contributed by atoms with E-state index in [9.17, 15) is 5.11 Å². The van der Waals surface area contributed by atoms with Gasteiger partial charge in [-0.05, 0) is 52.6 Å². The largest absolute Gasteiger partial charge is 0.497 e. The normalized spacial score (nSPS) is 11.9. The lowest BCUT2D eigenvalue weighted by Crippen LogP contribution is -2.21. The minimum absolute atomic E-state index is 0.492. The van der Waals surface area contributed by atoms with Crippen LogP contribution in [0, 0.1) is 0 Å². The number of aliphatic hydroxyl groups excluding tert-OH is 1. The van der Waals surface area contributed by atoms with E-state index in [1.807, 2.05) is 42.5 Å². The lowest BCUT2D eigenvalue weighted by atomic mass is 10.0. The molecule has 2 N–H and O–H groups in total. The lowest BCUT2D eigenvalue weighted by Gasteiger charge is -2.13. The summed E-state index contributed by atoms with van der Waals surface area (Å²) in [5.41, 5.74) is 4.36. The zero-order valence-electron chi connectivity index (χ0n) is 14.2. The van der Waals surface area contributed by atoms with Crippen molar-refractivity contribution in [3.05, 3.63) is 84.2 Å². The highest BCUT2D eigenvalue weighted by atomic mass is 16.5. The van der Waals surface area contributed by atoms with Crippen molar-refractivity contribution in [1.82, 2.24) is 10.3 Å². The number of nitrogens with one attached hydrogen (secondary N) is 1. The number of hydrogen-bond donors (Lipinski definition) is 2. The highest BCUT2D eigenvalue weighted by Gasteiger charge is 2.07. The van der Waals surface area contributed by atoms with E-state index < -0.39 is 6.10 Å². The summed E-state index contributed by atoms with van der Waals surface area (Å²) in [5, 5.41) is 13.6. The molecule has 4 nitrogen and oxygen atoms in total. The molecule has 0 spiro atoms. The Morgan fingerprint density at radius 1 is 1.00 bits per heavy atom. The SMILES string of the molecule is COc1ccc(C(O)CNCc2cccc(-c3ccncc3)c2)cc1. The Hall–Kier alpha value is -2.69. The maximum Gasteiger partial charge on any atom is 0.118 e. The summed E-state index contributed by atoms with van der Waals surface area (Å²) in [6, 6.07) is 19.9. The number of rotatable bonds is 7. The van der Waals surface area contributed by atoms with Crippen molar-refractivity contribution in [1.29, 1.82) is 0 Å². The van der Waals surface area contributed by atoms with Gasteiger partial charge in [-0.3, -0.25) is 4.98 Å². The molecule has 1 aromatic heterocycles. The zero-order valence-corrected chi connectivity index (χ0v) is 14.2. The molecular weight excluding hydrogens is 312 g/mol. The first-order chi connectivity index (χ1) is 12.3. The fourth-order valence-corrected chi connectivity index (χ4v) is 2.70. The number of methoxy groups -OCH3 is 1. The molecule has 3 aromatic rings. The van der Waals surface area contributed by atoms with Crippen LogP contribution in [-0.2, 0) is 6.54 Å².